The molecule has 2 aromatic rings. The molecule has 2 rings (SSSR count). The first kappa shape index (κ1) is 10.4. The molecule has 2 heteroatoms. The Labute approximate surface area is 94.6 Å². The lowest BCUT2D eigenvalue weighted by Gasteiger charge is -2.14. The molecule has 1 nitrogen and oxygen atoms in total. The van der Waals surface area contributed by atoms with E-state index < -0.39 is 0 Å². The van der Waals surface area contributed by atoms with E-state index in [0.29, 0.717) is 0 Å². The lowest BCUT2D eigenvalue weighted by atomic mass is 9.99. The molecule has 0 saturated heterocycles. The summed E-state index contributed by atoms with van der Waals surface area (Å²) in [4.78, 5) is 1.27. The van der Waals surface area contributed by atoms with Crippen LogP contribution in [-0.2, 0) is 0 Å². The first-order valence-electron chi connectivity index (χ1n) is 5.05. The van der Waals surface area contributed by atoms with Gasteiger partial charge in [0.2, 0.25) is 0 Å². The standard InChI is InChI=1S/C13H15NS/c1-9-5-3-4-6-11(9)12(14)13-10(2)7-8-15-13/h3-8,12H,14H2,1-2H3. The van der Waals surface area contributed by atoms with Gasteiger partial charge in [-0.2, -0.15) is 0 Å². The van der Waals surface area contributed by atoms with Crippen LogP contribution in [0.5, 0.6) is 0 Å². The number of nitrogens with two attached hydrogens (primary N) is 1. The molecule has 15 heavy (non-hydrogen) atoms. The highest BCUT2D eigenvalue weighted by molar-refractivity contribution is 7.10. The largest absolute Gasteiger partial charge is 0.320 e. The fourth-order valence-corrected chi connectivity index (χ4v) is 2.73. The van der Waals surface area contributed by atoms with Crippen LogP contribution in [0.2, 0.25) is 0 Å². The zero-order valence-corrected chi connectivity index (χ0v) is 9.84. The van der Waals surface area contributed by atoms with Crippen LogP contribution >= 0.6 is 11.3 Å². The summed E-state index contributed by atoms with van der Waals surface area (Å²) in [5.74, 6) is 0. The summed E-state index contributed by atoms with van der Waals surface area (Å²) >= 11 is 1.74. The lowest BCUT2D eigenvalue weighted by molar-refractivity contribution is 0.875. The molecule has 78 valence electrons. The third-order valence-corrected chi connectivity index (χ3v) is 3.81. The molecule has 0 amide bonds. The van der Waals surface area contributed by atoms with Crippen LogP contribution in [0.15, 0.2) is 35.7 Å². The quantitative estimate of drug-likeness (QED) is 0.819. The number of thiophene rings is 1. The molecule has 0 aliphatic rings. The van der Waals surface area contributed by atoms with E-state index in [2.05, 4.69) is 37.4 Å². The minimum absolute atomic E-state index is 0.0196. The van der Waals surface area contributed by atoms with E-state index in [9.17, 15) is 0 Å². The highest BCUT2D eigenvalue weighted by Crippen LogP contribution is 2.28. The lowest BCUT2D eigenvalue weighted by Crippen LogP contribution is -2.12. The van der Waals surface area contributed by atoms with Crippen molar-refractivity contribution in [2.75, 3.05) is 0 Å². The average molecular weight is 217 g/mol. The minimum atomic E-state index is 0.0196. The first-order valence-corrected chi connectivity index (χ1v) is 5.93. The summed E-state index contributed by atoms with van der Waals surface area (Å²) in [6, 6.07) is 10.5. The van der Waals surface area contributed by atoms with E-state index in [0.717, 1.165) is 0 Å². The Kier molecular flexibility index (Phi) is 2.89. The van der Waals surface area contributed by atoms with E-state index in [4.69, 9.17) is 5.73 Å². The molecule has 0 spiro atoms. The van der Waals surface area contributed by atoms with E-state index >= 15 is 0 Å². The summed E-state index contributed by atoms with van der Waals surface area (Å²) in [7, 11) is 0. The fourth-order valence-electron chi connectivity index (χ4n) is 1.78. The van der Waals surface area contributed by atoms with E-state index in [1.807, 2.05) is 12.1 Å². The molecule has 1 aromatic heterocycles. The Bertz CT molecular complexity index is 459. The van der Waals surface area contributed by atoms with Crippen molar-refractivity contribution in [3.8, 4) is 0 Å². The topological polar surface area (TPSA) is 26.0 Å². The van der Waals surface area contributed by atoms with E-state index in [1.54, 1.807) is 11.3 Å². The molecule has 0 aliphatic heterocycles. The number of hydrogen-bond donors (Lipinski definition) is 1. The van der Waals surface area contributed by atoms with Gasteiger partial charge in [-0.1, -0.05) is 24.3 Å². The molecular weight excluding hydrogens is 202 g/mol. The molecule has 1 unspecified atom stereocenters. The smallest absolute Gasteiger partial charge is 0.0651 e. The van der Waals surface area contributed by atoms with Gasteiger partial charge in [-0.3, -0.25) is 0 Å². The molecule has 1 heterocycles. The Morgan fingerprint density at radius 2 is 1.80 bits per heavy atom. The molecule has 1 aromatic carbocycles. The van der Waals surface area contributed by atoms with Crippen LogP contribution in [-0.4, -0.2) is 0 Å². The number of hydrogen-bond acceptors (Lipinski definition) is 2. The molecular formula is C13H15NS. The van der Waals surface area contributed by atoms with Crippen LogP contribution in [0.1, 0.15) is 27.6 Å². The van der Waals surface area contributed by atoms with Crippen LogP contribution in [0.3, 0.4) is 0 Å². The highest BCUT2D eigenvalue weighted by atomic mass is 32.1. The zero-order valence-electron chi connectivity index (χ0n) is 9.03. The van der Waals surface area contributed by atoms with E-state index in [1.165, 1.54) is 21.6 Å². The van der Waals surface area contributed by atoms with Crippen LogP contribution < -0.4 is 5.73 Å². The van der Waals surface area contributed by atoms with Gasteiger partial charge >= 0.3 is 0 Å². The van der Waals surface area contributed by atoms with Crippen LogP contribution in [0.25, 0.3) is 0 Å². The van der Waals surface area contributed by atoms with Crippen molar-refractivity contribution in [3.63, 3.8) is 0 Å². The Balaban J connectivity index is 2.41. The zero-order chi connectivity index (χ0) is 10.8. The van der Waals surface area contributed by atoms with Crippen molar-refractivity contribution in [1.82, 2.24) is 0 Å². The Hall–Kier alpha value is -1.12. The monoisotopic (exact) mass is 217 g/mol. The van der Waals surface area contributed by atoms with E-state index in [-0.39, 0.29) is 6.04 Å². The fraction of sp³-hybridized carbons (Fsp3) is 0.231. The maximum atomic E-state index is 6.27. The highest BCUT2D eigenvalue weighted by Gasteiger charge is 2.13. The maximum absolute atomic E-state index is 6.27. The van der Waals surface area contributed by atoms with Crippen LogP contribution in [0, 0.1) is 13.8 Å². The van der Waals surface area contributed by atoms with Gasteiger partial charge in [0.1, 0.15) is 0 Å². The molecule has 0 aliphatic carbocycles. The van der Waals surface area contributed by atoms with Gasteiger partial charge in [-0.15, -0.1) is 11.3 Å². The molecule has 2 N–H and O–H groups in total. The van der Waals surface area contributed by atoms with Gasteiger partial charge in [0.15, 0.2) is 0 Å². The van der Waals surface area contributed by atoms with Gasteiger partial charge in [-0.25, -0.2) is 0 Å². The number of aryl methyl sites for hydroxylation is 2. The SMILES string of the molecule is Cc1ccccc1C(N)c1sccc1C. The summed E-state index contributed by atoms with van der Waals surface area (Å²) < 4.78 is 0. The molecule has 0 bridgehead atoms. The van der Waals surface area contributed by atoms with Crippen molar-refractivity contribution >= 4 is 11.3 Å². The minimum Gasteiger partial charge on any atom is -0.320 e. The first-order chi connectivity index (χ1) is 7.20. The maximum Gasteiger partial charge on any atom is 0.0651 e. The van der Waals surface area contributed by atoms with Crippen molar-refractivity contribution in [3.05, 3.63) is 57.3 Å². The number of rotatable bonds is 2. The molecule has 1 atom stereocenters. The Morgan fingerprint density at radius 1 is 1.07 bits per heavy atom. The van der Waals surface area contributed by atoms with Gasteiger partial charge in [0.05, 0.1) is 6.04 Å². The molecule has 0 radical (unpaired) electrons. The van der Waals surface area contributed by atoms with Gasteiger partial charge in [0.25, 0.3) is 0 Å². The normalized spacial score (nSPS) is 12.7. The predicted molar refractivity (Wildman–Crippen MR) is 66.3 cm³/mol. The summed E-state index contributed by atoms with van der Waals surface area (Å²) in [6.45, 7) is 4.22. The predicted octanol–water partition coefficient (Wildman–Crippen LogP) is 3.41. The number of benzene rings is 1. The van der Waals surface area contributed by atoms with Crippen molar-refractivity contribution < 1.29 is 0 Å². The second-order valence-electron chi connectivity index (χ2n) is 3.80. The summed E-state index contributed by atoms with van der Waals surface area (Å²) in [6.07, 6.45) is 0. The second-order valence-corrected chi connectivity index (χ2v) is 4.75. The van der Waals surface area contributed by atoms with Crippen molar-refractivity contribution in [1.29, 1.82) is 0 Å². The summed E-state index contributed by atoms with van der Waals surface area (Å²) in [5, 5.41) is 2.10. The molecule has 0 saturated carbocycles. The third kappa shape index (κ3) is 1.96. The van der Waals surface area contributed by atoms with Gasteiger partial charge in [-0.05, 0) is 42.0 Å². The van der Waals surface area contributed by atoms with Crippen LogP contribution in [0.4, 0.5) is 0 Å². The third-order valence-electron chi connectivity index (χ3n) is 2.71. The Morgan fingerprint density at radius 3 is 2.40 bits per heavy atom. The van der Waals surface area contributed by atoms with Crippen molar-refractivity contribution in [2.24, 2.45) is 5.73 Å². The van der Waals surface area contributed by atoms with Crippen molar-refractivity contribution in [2.45, 2.75) is 19.9 Å². The summed E-state index contributed by atoms with van der Waals surface area (Å²) in [5.41, 5.74) is 10.0. The van der Waals surface area contributed by atoms with Gasteiger partial charge in [0, 0.05) is 4.88 Å². The van der Waals surface area contributed by atoms with Gasteiger partial charge < -0.3 is 5.73 Å². The molecule has 0 fully saturated rings. The average Bonchev–Trinajstić information content (AvgIpc) is 2.64. The second kappa shape index (κ2) is 4.17.